The van der Waals surface area contributed by atoms with Gasteiger partial charge in [0.25, 0.3) is 0 Å². The topological polar surface area (TPSA) is 113 Å². The Morgan fingerprint density at radius 2 is 2.07 bits per heavy atom. The molecule has 2 rings (SSSR count). The van der Waals surface area contributed by atoms with Crippen molar-refractivity contribution >= 4 is 11.9 Å². The molecule has 1 aromatic rings. The van der Waals surface area contributed by atoms with Gasteiger partial charge >= 0.3 is 11.9 Å². The van der Waals surface area contributed by atoms with Crippen LogP contribution in [0.2, 0.25) is 0 Å². The average Bonchev–Trinajstić information content (AvgIpc) is 3.04. The first-order valence-corrected chi connectivity index (χ1v) is 9.81. The number of esters is 1. The fourth-order valence-electron chi connectivity index (χ4n) is 3.68. The number of phenols is 1. The molecule has 0 radical (unpaired) electrons. The zero-order valence-electron chi connectivity index (χ0n) is 17.4. The number of carboxylic acids is 1. The van der Waals surface area contributed by atoms with Crippen LogP contribution < -0.4 is 4.74 Å². The summed E-state index contributed by atoms with van der Waals surface area (Å²) < 4.78 is 10.5. The third kappa shape index (κ3) is 5.29. The third-order valence-electron chi connectivity index (χ3n) is 5.57. The Hall–Kier alpha value is -2.54. The normalized spacial score (nSPS) is 15.6. The lowest BCUT2D eigenvalue weighted by Gasteiger charge is -2.17. The molecule has 0 aromatic heterocycles. The van der Waals surface area contributed by atoms with Gasteiger partial charge in [-0.05, 0) is 51.0 Å². The smallest absolute Gasteiger partial charge is 0.342 e. The Bertz CT molecular complexity index is 810. The molecule has 1 aromatic carbocycles. The van der Waals surface area contributed by atoms with Gasteiger partial charge in [0.05, 0.1) is 19.6 Å². The van der Waals surface area contributed by atoms with Gasteiger partial charge in [-0.25, -0.2) is 4.79 Å². The van der Waals surface area contributed by atoms with Crippen LogP contribution in [0.4, 0.5) is 0 Å². The summed E-state index contributed by atoms with van der Waals surface area (Å²) in [5, 5.41) is 29.2. The van der Waals surface area contributed by atoms with Crippen molar-refractivity contribution in [3.63, 3.8) is 0 Å². The lowest BCUT2D eigenvalue weighted by molar-refractivity contribution is -0.139. The molecular weight excluding hydrogens is 376 g/mol. The van der Waals surface area contributed by atoms with E-state index < -0.39 is 18.0 Å². The van der Waals surface area contributed by atoms with Crippen molar-refractivity contribution in [3.8, 4) is 11.5 Å². The molecule has 29 heavy (non-hydrogen) atoms. The van der Waals surface area contributed by atoms with E-state index in [2.05, 4.69) is 0 Å². The maximum atomic E-state index is 12.0. The van der Waals surface area contributed by atoms with E-state index in [-0.39, 0.29) is 30.3 Å². The number of allylic oxidation sites excluding steroid dienone is 2. The number of rotatable bonds is 10. The van der Waals surface area contributed by atoms with Crippen molar-refractivity contribution < 1.29 is 34.4 Å². The van der Waals surface area contributed by atoms with Crippen LogP contribution in [0.5, 0.6) is 11.5 Å². The van der Waals surface area contributed by atoms with Crippen LogP contribution in [0.25, 0.3) is 0 Å². The second-order valence-electron chi connectivity index (χ2n) is 7.70. The van der Waals surface area contributed by atoms with E-state index in [0.717, 1.165) is 30.4 Å². The minimum atomic E-state index is -0.997. The van der Waals surface area contributed by atoms with Crippen molar-refractivity contribution in [2.45, 2.75) is 65.6 Å². The number of ether oxygens (including phenoxy) is 2. The largest absolute Gasteiger partial charge is 0.507 e. The molecule has 0 spiro atoms. The summed E-state index contributed by atoms with van der Waals surface area (Å²) >= 11 is 0. The highest BCUT2D eigenvalue weighted by Gasteiger charge is 2.31. The number of aliphatic hydroxyl groups is 1. The number of carboxylic acid groups (broad SMARTS) is 1. The van der Waals surface area contributed by atoms with Gasteiger partial charge in [-0.3, -0.25) is 4.79 Å². The third-order valence-corrected chi connectivity index (χ3v) is 5.57. The van der Waals surface area contributed by atoms with Crippen LogP contribution in [-0.2, 0) is 22.6 Å². The minimum absolute atomic E-state index is 0.0839. The van der Waals surface area contributed by atoms with Crippen molar-refractivity contribution in [2.75, 3.05) is 7.11 Å². The summed E-state index contributed by atoms with van der Waals surface area (Å²) in [6.45, 7) is 5.83. The summed E-state index contributed by atoms with van der Waals surface area (Å²) in [7, 11) is 1.54. The van der Waals surface area contributed by atoms with Crippen molar-refractivity contribution in [1.82, 2.24) is 0 Å². The molecule has 160 valence electrons. The molecule has 1 aliphatic rings. The summed E-state index contributed by atoms with van der Waals surface area (Å²) in [6, 6.07) is 0. The summed E-state index contributed by atoms with van der Waals surface area (Å²) in [5.41, 5.74) is 3.36. The monoisotopic (exact) mass is 406 g/mol. The van der Waals surface area contributed by atoms with Gasteiger partial charge in [-0.1, -0.05) is 18.6 Å². The molecule has 1 heterocycles. The van der Waals surface area contributed by atoms with E-state index in [4.69, 9.17) is 14.6 Å². The van der Waals surface area contributed by atoms with E-state index in [9.17, 15) is 19.8 Å². The Kier molecular flexibility index (Phi) is 7.67. The van der Waals surface area contributed by atoms with Crippen molar-refractivity contribution in [3.05, 3.63) is 33.9 Å². The van der Waals surface area contributed by atoms with Gasteiger partial charge in [0.2, 0.25) is 0 Å². The molecule has 3 N–H and O–H groups in total. The van der Waals surface area contributed by atoms with E-state index in [1.807, 2.05) is 26.8 Å². The van der Waals surface area contributed by atoms with E-state index in [1.54, 1.807) is 0 Å². The number of cyclic esters (lactones) is 1. The molecule has 0 unspecified atom stereocenters. The molecule has 0 amide bonds. The number of aliphatic carboxylic acids is 1. The predicted molar refractivity (Wildman–Crippen MR) is 107 cm³/mol. The zero-order chi connectivity index (χ0) is 21.7. The molecule has 7 heteroatoms. The number of carbonyl (C=O) groups excluding carboxylic acids is 1. The van der Waals surface area contributed by atoms with Crippen LogP contribution in [-0.4, -0.2) is 40.5 Å². The number of aromatic hydroxyl groups is 1. The maximum Gasteiger partial charge on any atom is 0.342 e. The average molecular weight is 406 g/mol. The number of aliphatic hydroxyl groups excluding tert-OH is 1. The number of phenolic OH excluding ortho intramolecular Hbond substituents is 1. The van der Waals surface area contributed by atoms with Crippen LogP contribution >= 0.6 is 0 Å². The second-order valence-corrected chi connectivity index (χ2v) is 7.70. The summed E-state index contributed by atoms with van der Waals surface area (Å²) in [4.78, 5) is 22.6. The quantitative estimate of drug-likeness (QED) is 0.402. The molecule has 1 aliphatic heterocycles. The number of benzene rings is 1. The minimum Gasteiger partial charge on any atom is -0.507 e. The van der Waals surface area contributed by atoms with Crippen LogP contribution in [0.3, 0.4) is 0 Å². The highest BCUT2D eigenvalue weighted by molar-refractivity contribution is 5.98. The Balaban J connectivity index is 2.04. The van der Waals surface area contributed by atoms with Gasteiger partial charge in [0.15, 0.2) is 0 Å². The number of carbonyl (C=O) groups is 2. The van der Waals surface area contributed by atoms with E-state index >= 15 is 0 Å². The first-order chi connectivity index (χ1) is 13.7. The fourth-order valence-corrected chi connectivity index (χ4v) is 3.68. The number of hydrogen-bond donors (Lipinski definition) is 3. The molecule has 0 aliphatic carbocycles. The number of fused-ring (bicyclic) bond motifs is 1. The van der Waals surface area contributed by atoms with Crippen LogP contribution in [0.15, 0.2) is 11.6 Å². The molecular formula is C22H30O7. The molecule has 0 fully saturated rings. The molecule has 0 saturated carbocycles. The summed E-state index contributed by atoms with van der Waals surface area (Å²) in [6.07, 6.45) is 3.65. The van der Waals surface area contributed by atoms with Gasteiger partial charge in [-0.15, -0.1) is 0 Å². The number of methoxy groups -OCH3 is 1. The summed E-state index contributed by atoms with van der Waals surface area (Å²) in [5.74, 6) is -1.12. The zero-order valence-corrected chi connectivity index (χ0v) is 17.4. The Morgan fingerprint density at radius 3 is 2.69 bits per heavy atom. The van der Waals surface area contributed by atoms with E-state index in [1.165, 1.54) is 7.11 Å². The SMILES string of the molecule is COc1c(C)c2c(c(O)c1CC=C(C)CCC[C@H](C)[C@@H](O)CC(=O)O)C(=O)OC2. The number of hydrogen-bond acceptors (Lipinski definition) is 6. The maximum absolute atomic E-state index is 12.0. The van der Waals surface area contributed by atoms with Gasteiger partial charge in [0.1, 0.15) is 23.7 Å². The molecule has 0 bridgehead atoms. The molecule has 2 atom stereocenters. The highest BCUT2D eigenvalue weighted by Crippen LogP contribution is 2.42. The first kappa shape index (κ1) is 22.7. The molecule has 0 saturated heterocycles. The Labute approximate surface area is 171 Å². The highest BCUT2D eigenvalue weighted by atomic mass is 16.5. The Morgan fingerprint density at radius 1 is 1.38 bits per heavy atom. The van der Waals surface area contributed by atoms with Gasteiger partial charge < -0.3 is 24.8 Å². The molecule has 7 nitrogen and oxygen atoms in total. The lowest BCUT2D eigenvalue weighted by atomic mass is 9.93. The van der Waals surface area contributed by atoms with Gasteiger partial charge in [0, 0.05) is 11.1 Å². The van der Waals surface area contributed by atoms with Crippen LogP contribution in [0, 0.1) is 12.8 Å². The fraction of sp³-hybridized carbons (Fsp3) is 0.545. The van der Waals surface area contributed by atoms with Gasteiger partial charge in [-0.2, -0.15) is 0 Å². The predicted octanol–water partition coefficient (Wildman–Crippen LogP) is 3.51. The second kappa shape index (κ2) is 9.78. The van der Waals surface area contributed by atoms with Crippen molar-refractivity contribution in [2.24, 2.45) is 5.92 Å². The lowest BCUT2D eigenvalue weighted by Crippen LogP contribution is -2.21. The first-order valence-electron chi connectivity index (χ1n) is 9.81. The standard InChI is InChI=1S/C22H30O7/c1-12(6-5-7-13(2)17(23)10-18(24)25)8-9-15-20(26)19-16(11-29-22(19)27)14(3)21(15)28-4/h8,13,17,23,26H,5-7,9-11H2,1-4H3,(H,24,25)/t13-,17-/m0/s1. The van der Waals surface area contributed by atoms with E-state index in [0.29, 0.717) is 23.3 Å². The van der Waals surface area contributed by atoms with Crippen LogP contribution in [0.1, 0.15) is 66.6 Å². The van der Waals surface area contributed by atoms with Crippen molar-refractivity contribution in [1.29, 1.82) is 0 Å².